The second kappa shape index (κ2) is 6.93. The molecule has 1 aromatic carbocycles. The Balaban J connectivity index is 2.13. The maximum Gasteiger partial charge on any atom is 0.339 e. The van der Waals surface area contributed by atoms with E-state index in [1.807, 2.05) is 48.7 Å². The first-order chi connectivity index (χ1) is 10.5. The van der Waals surface area contributed by atoms with Crippen molar-refractivity contribution in [2.45, 2.75) is 27.3 Å². The van der Waals surface area contributed by atoms with E-state index in [2.05, 4.69) is 5.32 Å². The van der Waals surface area contributed by atoms with Gasteiger partial charge in [0.15, 0.2) is 0 Å². The minimum atomic E-state index is -0.356. The highest BCUT2D eigenvalue weighted by atomic mass is 16.5. The van der Waals surface area contributed by atoms with Crippen molar-refractivity contribution in [3.05, 3.63) is 53.3 Å². The van der Waals surface area contributed by atoms with E-state index in [1.54, 1.807) is 13.0 Å². The molecule has 1 N–H and O–H groups in total. The summed E-state index contributed by atoms with van der Waals surface area (Å²) in [5.41, 5.74) is 2.84. The molecule has 0 aliphatic rings. The van der Waals surface area contributed by atoms with Crippen LogP contribution in [0.5, 0.6) is 0 Å². The summed E-state index contributed by atoms with van der Waals surface area (Å²) in [6, 6.07) is 11.0. The van der Waals surface area contributed by atoms with Gasteiger partial charge in [0, 0.05) is 17.1 Å². The highest BCUT2D eigenvalue weighted by Gasteiger charge is 2.18. The summed E-state index contributed by atoms with van der Waals surface area (Å²) >= 11 is 0. The molecular weight excluding hydrogens is 280 g/mol. The molecular formula is C17H20N2O3. The number of ether oxygens (including phenoxy) is 1. The number of rotatable bonds is 5. The largest absolute Gasteiger partial charge is 0.462 e. The van der Waals surface area contributed by atoms with Crippen LogP contribution in [-0.4, -0.2) is 23.1 Å². The van der Waals surface area contributed by atoms with Gasteiger partial charge in [0.1, 0.15) is 6.54 Å². The quantitative estimate of drug-likeness (QED) is 0.864. The van der Waals surface area contributed by atoms with Gasteiger partial charge in [-0.25, -0.2) is 4.79 Å². The lowest BCUT2D eigenvalue weighted by atomic mass is 10.2. The molecule has 5 heteroatoms. The van der Waals surface area contributed by atoms with Gasteiger partial charge in [-0.1, -0.05) is 18.2 Å². The molecule has 116 valence electrons. The molecule has 22 heavy (non-hydrogen) atoms. The number of hydrogen-bond acceptors (Lipinski definition) is 3. The van der Waals surface area contributed by atoms with Crippen molar-refractivity contribution in [3.63, 3.8) is 0 Å². The molecule has 2 aromatic rings. The summed E-state index contributed by atoms with van der Waals surface area (Å²) in [4.78, 5) is 24.0. The molecule has 0 fully saturated rings. The molecule has 1 heterocycles. The number of aryl methyl sites for hydroxylation is 1. The average Bonchev–Trinajstić information content (AvgIpc) is 2.77. The van der Waals surface area contributed by atoms with Crippen molar-refractivity contribution >= 4 is 17.6 Å². The zero-order chi connectivity index (χ0) is 16.1. The molecule has 0 unspecified atom stereocenters. The number of anilines is 1. The minimum Gasteiger partial charge on any atom is -0.462 e. The molecule has 1 amide bonds. The zero-order valence-corrected chi connectivity index (χ0v) is 13.1. The minimum absolute atomic E-state index is 0.136. The van der Waals surface area contributed by atoms with Gasteiger partial charge in [0.2, 0.25) is 5.91 Å². The van der Waals surface area contributed by atoms with Crippen LogP contribution in [0.3, 0.4) is 0 Å². The summed E-state index contributed by atoms with van der Waals surface area (Å²) in [5.74, 6) is -0.492. The number of amides is 1. The second-order valence-corrected chi connectivity index (χ2v) is 5.01. The van der Waals surface area contributed by atoms with Crippen LogP contribution < -0.4 is 5.32 Å². The fourth-order valence-corrected chi connectivity index (χ4v) is 2.33. The molecule has 2 rings (SSSR count). The van der Waals surface area contributed by atoms with Gasteiger partial charge in [-0.15, -0.1) is 0 Å². The van der Waals surface area contributed by atoms with E-state index in [0.29, 0.717) is 12.2 Å². The SMILES string of the molecule is CCOC(=O)c1cc(C)n(CC(=O)Nc2ccccc2)c1C. The number of para-hydroxylation sites is 1. The molecule has 0 atom stereocenters. The number of esters is 1. The van der Waals surface area contributed by atoms with E-state index in [1.165, 1.54) is 0 Å². The van der Waals surface area contributed by atoms with E-state index in [0.717, 1.165) is 17.1 Å². The maximum absolute atomic E-state index is 12.1. The van der Waals surface area contributed by atoms with E-state index < -0.39 is 0 Å². The zero-order valence-electron chi connectivity index (χ0n) is 13.1. The first kappa shape index (κ1) is 15.8. The van der Waals surface area contributed by atoms with Crippen LogP contribution >= 0.6 is 0 Å². The molecule has 0 bridgehead atoms. The molecule has 0 spiro atoms. The van der Waals surface area contributed by atoms with Crippen LogP contribution in [-0.2, 0) is 16.1 Å². The Bertz CT molecular complexity index is 675. The van der Waals surface area contributed by atoms with Crippen LogP contribution in [0.2, 0.25) is 0 Å². The second-order valence-electron chi connectivity index (χ2n) is 5.01. The van der Waals surface area contributed by atoms with Crippen LogP contribution in [0, 0.1) is 13.8 Å². The Morgan fingerprint density at radius 3 is 2.50 bits per heavy atom. The summed E-state index contributed by atoms with van der Waals surface area (Å²) in [7, 11) is 0. The highest BCUT2D eigenvalue weighted by Crippen LogP contribution is 2.16. The van der Waals surface area contributed by atoms with Crippen molar-refractivity contribution in [2.24, 2.45) is 0 Å². The Morgan fingerprint density at radius 2 is 1.86 bits per heavy atom. The number of benzene rings is 1. The van der Waals surface area contributed by atoms with Crippen molar-refractivity contribution in [1.29, 1.82) is 0 Å². The summed E-state index contributed by atoms with van der Waals surface area (Å²) < 4.78 is 6.83. The standard InChI is InChI=1S/C17H20N2O3/c1-4-22-17(21)15-10-12(2)19(13(15)3)11-16(20)18-14-8-6-5-7-9-14/h5-10H,4,11H2,1-3H3,(H,18,20). The maximum atomic E-state index is 12.1. The smallest absolute Gasteiger partial charge is 0.339 e. The Hall–Kier alpha value is -2.56. The predicted molar refractivity (Wildman–Crippen MR) is 84.9 cm³/mol. The van der Waals surface area contributed by atoms with Gasteiger partial charge in [0.05, 0.1) is 12.2 Å². The van der Waals surface area contributed by atoms with Gasteiger partial charge >= 0.3 is 5.97 Å². The van der Waals surface area contributed by atoms with E-state index in [9.17, 15) is 9.59 Å². The number of carbonyl (C=O) groups excluding carboxylic acids is 2. The number of carbonyl (C=O) groups is 2. The number of aromatic nitrogens is 1. The molecule has 0 saturated carbocycles. The number of nitrogens with zero attached hydrogens (tertiary/aromatic N) is 1. The van der Waals surface area contributed by atoms with Gasteiger partial charge in [-0.3, -0.25) is 4.79 Å². The fraction of sp³-hybridized carbons (Fsp3) is 0.294. The van der Waals surface area contributed by atoms with E-state index in [4.69, 9.17) is 4.74 Å². The number of nitrogens with one attached hydrogen (secondary N) is 1. The molecule has 1 aromatic heterocycles. The first-order valence-electron chi connectivity index (χ1n) is 7.21. The van der Waals surface area contributed by atoms with Crippen LogP contribution in [0.4, 0.5) is 5.69 Å². The van der Waals surface area contributed by atoms with E-state index >= 15 is 0 Å². The lowest BCUT2D eigenvalue weighted by Crippen LogP contribution is -2.20. The third kappa shape index (κ3) is 3.55. The fourth-order valence-electron chi connectivity index (χ4n) is 2.33. The highest BCUT2D eigenvalue weighted by molar-refractivity contribution is 5.93. The van der Waals surface area contributed by atoms with Crippen LogP contribution in [0.25, 0.3) is 0 Å². The molecule has 0 saturated heterocycles. The third-order valence-electron chi connectivity index (χ3n) is 3.43. The number of hydrogen-bond donors (Lipinski definition) is 1. The Morgan fingerprint density at radius 1 is 1.18 bits per heavy atom. The average molecular weight is 300 g/mol. The summed E-state index contributed by atoms with van der Waals surface area (Å²) in [6.07, 6.45) is 0. The van der Waals surface area contributed by atoms with Crippen LogP contribution in [0.15, 0.2) is 36.4 Å². The van der Waals surface area contributed by atoms with Crippen molar-refractivity contribution < 1.29 is 14.3 Å². The van der Waals surface area contributed by atoms with Crippen molar-refractivity contribution in [2.75, 3.05) is 11.9 Å². The molecule has 0 aliphatic heterocycles. The van der Waals surface area contributed by atoms with Gasteiger partial charge < -0.3 is 14.6 Å². The summed E-state index contributed by atoms with van der Waals surface area (Å²) in [6.45, 7) is 5.94. The lowest BCUT2D eigenvalue weighted by molar-refractivity contribution is -0.116. The van der Waals surface area contributed by atoms with E-state index in [-0.39, 0.29) is 18.4 Å². The third-order valence-corrected chi connectivity index (χ3v) is 3.43. The Kier molecular flexibility index (Phi) is 4.99. The Labute approximate surface area is 129 Å². The van der Waals surface area contributed by atoms with Gasteiger partial charge in [-0.2, -0.15) is 0 Å². The predicted octanol–water partition coefficient (Wildman–Crippen LogP) is 2.92. The van der Waals surface area contributed by atoms with Crippen molar-refractivity contribution in [1.82, 2.24) is 4.57 Å². The topological polar surface area (TPSA) is 60.3 Å². The monoisotopic (exact) mass is 300 g/mol. The first-order valence-corrected chi connectivity index (χ1v) is 7.21. The molecule has 0 aliphatic carbocycles. The van der Waals surface area contributed by atoms with Gasteiger partial charge in [-0.05, 0) is 39.0 Å². The van der Waals surface area contributed by atoms with Crippen molar-refractivity contribution in [3.8, 4) is 0 Å². The summed E-state index contributed by atoms with van der Waals surface area (Å²) in [5, 5.41) is 2.83. The molecule has 0 radical (unpaired) electrons. The van der Waals surface area contributed by atoms with Crippen LogP contribution in [0.1, 0.15) is 28.7 Å². The molecule has 5 nitrogen and oxygen atoms in total. The van der Waals surface area contributed by atoms with Gasteiger partial charge in [0.25, 0.3) is 0 Å². The lowest BCUT2D eigenvalue weighted by Gasteiger charge is -2.10. The normalized spacial score (nSPS) is 10.3.